The van der Waals surface area contributed by atoms with Crippen LogP contribution in [0.1, 0.15) is 0 Å². The van der Waals surface area contributed by atoms with Gasteiger partial charge in [0.25, 0.3) is 0 Å². The van der Waals surface area contributed by atoms with Gasteiger partial charge >= 0.3 is 7.12 Å². The lowest BCUT2D eigenvalue weighted by atomic mass is 9.93. The van der Waals surface area contributed by atoms with Gasteiger partial charge in [0.05, 0.1) is 0 Å². The van der Waals surface area contributed by atoms with Gasteiger partial charge in [-0.25, -0.2) is 4.98 Å². The summed E-state index contributed by atoms with van der Waals surface area (Å²) in [5, 5.41) is 17.6. The highest BCUT2D eigenvalue weighted by atomic mass is 127. The summed E-state index contributed by atoms with van der Waals surface area (Å²) >= 11 is 2.15. The van der Waals surface area contributed by atoms with Gasteiger partial charge in [-0.1, -0.05) is 0 Å². The Bertz CT molecular complexity index is 442. The Balaban J connectivity index is 2.62. The summed E-state index contributed by atoms with van der Waals surface area (Å²) in [6, 6.07) is 5.42. The fourth-order valence-corrected chi connectivity index (χ4v) is 1.50. The molecule has 1 aromatic heterocycles. The second kappa shape index (κ2) is 3.28. The fourth-order valence-electron chi connectivity index (χ4n) is 1.03. The predicted octanol–water partition coefficient (Wildman–Crippen LogP) is 0.112. The number of oxazole rings is 1. The lowest BCUT2D eigenvalue weighted by Crippen LogP contribution is -2.30. The van der Waals surface area contributed by atoms with Crippen molar-refractivity contribution in [2.75, 3.05) is 0 Å². The van der Waals surface area contributed by atoms with Gasteiger partial charge in [0, 0.05) is 3.57 Å². The van der Waals surface area contributed by atoms with Crippen molar-refractivity contribution in [1.29, 1.82) is 0 Å². The summed E-state index contributed by atoms with van der Waals surface area (Å²) < 4.78 is 6.10. The first-order chi connectivity index (χ1) is 6.16. The molecule has 0 aliphatic heterocycles. The average molecular weight is 289 g/mol. The van der Waals surface area contributed by atoms with Gasteiger partial charge < -0.3 is 14.5 Å². The normalized spacial score (nSPS) is 10.7. The van der Waals surface area contributed by atoms with E-state index in [2.05, 4.69) is 27.6 Å². The third kappa shape index (κ3) is 1.69. The fraction of sp³-hybridized carbons (Fsp3) is 0. The summed E-state index contributed by atoms with van der Waals surface area (Å²) in [5.41, 5.74) is 1.19. The van der Waals surface area contributed by atoms with Crippen molar-refractivity contribution in [3.63, 3.8) is 0 Å². The minimum absolute atomic E-state index is 0.0722. The summed E-state index contributed by atoms with van der Waals surface area (Å²) in [7, 11) is -1.65. The molecule has 0 amide bonds. The lowest BCUT2D eigenvalue weighted by Gasteiger charge is -1.86. The van der Waals surface area contributed by atoms with Crippen LogP contribution in [0.2, 0.25) is 0 Å². The monoisotopic (exact) mass is 289 g/mol. The Labute approximate surface area is 87.9 Å². The van der Waals surface area contributed by atoms with Gasteiger partial charge in [-0.05, 0) is 40.8 Å². The summed E-state index contributed by atoms with van der Waals surface area (Å²) in [4.78, 5) is 3.90. The van der Waals surface area contributed by atoms with E-state index in [9.17, 15) is 0 Å². The first-order valence-electron chi connectivity index (χ1n) is 3.59. The van der Waals surface area contributed by atoms with Gasteiger partial charge in [-0.3, -0.25) is 0 Å². The number of rotatable bonds is 1. The van der Waals surface area contributed by atoms with E-state index in [1.165, 1.54) is 0 Å². The van der Waals surface area contributed by atoms with Crippen molar-refractivity contribution in [3.05, 3.63) is 21.8 Å². The third-order valence-corrected chi connectivity index (χ3v) is 2.26. The quantitative estimate of drug-likeness (QED) is 0.578. The molecule has 0 aliphatic rings. The molecule has 0 unspecified atom stereocenters. The van der Waals surface area contributed by atoms with Crippen LogP contribution in [0.3, 0.4) is 0 Å². The van der Waals surface area contributed by atoms with E-state index in [0.717, 1.165) is 3.57 Å². The van der Waals surface area contributed by atoms with E-state index in [0.29, 0.717) is 11.1 Å². The molecule has 2 rings (SSSR count). The maximum atomic E-state index is 8.79. The molecular weight excluding hydrogens is 284 g/mol. The van der Waals surface area contributed by atoms with Crippen molar-refractivity contribution >= 4 is 46.6 Å². The topological polar surface area (TPSA) is 66.5 Å². The highest BCUT2D eigenvalue weighted by molar-refractivity contribution is 14.1. The second-order valence-corrected chi connectivity index (χ2v) is 3.78. The second-order valence-electron chi connectivity index (χ2n) is 2.54. The highest BCUT2D eigenvalue weighted by Gasteiger charge is 2.18. The SMILES string of the molecule is OB(O)c1nc2cc(I)ccc2o1. The van der Waals surface area contributed by atoms with Crippen LogP contribution in [0.25, 0.3) is 11.1 Å². The molecule has 0 saturated heterocycles. The first-order valence-corrected chi connectivity index (χ1v) is 4.67. The minimum atomic E-state index is -1.65. The third-order valence-electron chi connectivity index (χ3n) is 1.59. The van der Waals surface area contributed by atoms with E-state index >= 15 is 0 Å². The Morgan fingerprint density at radius 3 is 2.85 bits per heavy atom. The molecular formula is C7H5BINO3. The van der Waals surface area contributed by atoms with Crippen molar-refractivity contribution in [2.24, 2.45) is 0 Å². The Morgan fingerprint density at radius 1 is 1.38 bits per heavy atom. The van der Waals surface area contributed by atoms with E-state index in [1.54, 1.807) is 6.07 Å². The van der Waals surface area contributed by atoms with Gasteiger partial charge in [-0.15, -0.1) is 0 Å². The van der Waals surface area contributed by atoms with Crippen LogP contribution in [0, 0.1) is 3.57 Å². The molecule has 0 saturated carbocycles. The minimum Gasteiger partial charge on any atom is -0.444 e. The largest absolute Gasteiger partial charge is 0.548 e. The summed E-state index contributed by atoms with van der Waals surface area (Å²) in [6.07, 6.45) is 0. The lowest BCUT2D eigenvalue weighted by molar-refractivity contribution is 0.409. The van der Waals surface area contributed by atoms with Crippen LogP contribution in [-0.2, 0) is 0 Å². The number of benzene rings is 1. The average Bonchev–Trinajstić information content (AvgIpc) is 2.46. The Hall–Kier alpha value is -0.595. The molecule has 6 heteroatoms. The van der Waals surface area contributed by atoms with Crippen LogP contribution in [0.15, 0.2) is 22.6 Å². The van der Waals surface area contributed by atoms with Crippen molar-refractivity contribution in [2.45, 2.75) is 0 Å². The number of fused-ring (bicyclic) bond motifs is 1. The van der Waals surface area contributed by atoms with Crippen LogP contribution in [0.5, 0.6) is 0 Å². The molecule has 0 aliphatic carbocycles. The number of aromatic nitrogens is 1. The molecule has 1 heterocycles. The molecule has 0 spiro atoms. The van der Waals surface area contributed by atoms with Crippen molar-refractivity contribution in [1.82, 2.24) is 4.98 Å². The number of hydrogen-bond acceptors (Lipinski definition) is 4. The van der Waals surface area contributed by atoms with E-state index in [-0.39, 0.29) is 5.79 Å². The zero-order valence-electron chi connectivity index (χ0n) is 6.44. The summed E-state index contributed by atoms with van der Waals surface area (Å²) in [6.45, 7) is 0. The number of halogens is 1. The standard InChI is InChI=1S/C7H5BINO3/c9-4-1-2-6-5(3-4)10-7(13-6)8(11)12/h1-3,11-12H. The van der Waals surface area contributed by atoms with E-state index < -0.39 is 7.12 Å². The molecule has 2 aromatic rings. The van der Waals surface area contributed by atoms with Gasteiger partial charge in [0.15, 0.2) is 5.58 Å². The van der Waals surface area contributed by atoms with Gasteiger partial charge in [0.2, 0.25) is 5.79 Å². The molecule has 0 radical (unpaired) electrons. The zero-order chi connectivity index (χ0) is 9.42. The number of hydrogen-bond donors (Lipinski definition) is 2. The Morgan fingerprint density at radius 2 is 2.15 bits per heavy atom. The Kier molecular flexibility index (Phi) is 2.26. The van der Waals surface area contributed by atoms with Crippen LogP contribution in [0.4, 0.5) is 0 Å². The van der Waals surface area contributed by atoms with E-state index in [1.807, 2.05) is 12.1 Å². The summed E-state index contributed by atoms with van der Waals surface area (Å²) in [5.74, 6) is -0.0722. The molecule has 0 fully saturated rings. The van der Waals surface area contributed by atoms with Crippen LogP contribution in [-0.4, -0.2) is 22.2 Å². The predicted molar refractivity (Wildman–Crippen MR) is 56.6 cm³/mol. The smallest absolute Gasteiger partial charge is 0.444 e. The molecule has 0 bridgehead atoms. The first kappa shape index (κ1) is 8.98. The van der Waals surface area contributed by atoms with Crippen molar-refractivity contribution < 1.29 is 14.5 Å². The zero-order valence-corrected chi connectivity index (χ0v) is 8.59. The highest BCUT2D eigenvalue weighted by Crippen LogP contribution is 2.14. The van der Waals surface area contributed by atoms with Gasteiger partial charge in [0.1, 0.15) is 5.52 Å². The molecule has 13 heavy (non-hydrogen) atoms. The molecule has 66 valence electrons. The van der Waals surface area contributed by atoms with Crippen LogP contribution >= 0.6 is 22.6 Å². The molecule has 2 N–H and O–H groups in total. The van der Waals surface area contributed by atoms with Gasteiger partial charge in [-0.2, -0.15) is 0 Å². The molecule has 0 atom stereocenters. The van der Waals surface area contributed by atoms with Crippen LogP contribution < -0.4 is 5.79 Å². The van der Waals surface area contributed by atoms with E-state index in [4.69, 9.17) is 14.5 Å². The van der Waals surface area contributed by atoms with Crippen molar-refractivity contribution in [3.8, 4) is 0 Å². The molecule has 4 nitrogen and oxygen atoms in total. The number of nitrogens with zero attached hydrogens (tertiary/aromatic N) is 1. The molecule has 1 aromatic carbocycles. The maximum absolute atomic E-state index is 8.79. The maximum Gasteiger partial charge on any atom is 0.548 e.